The number of para-hydroxylation sites is 5. The first kappa shape index (κ1) is 71.2. The van der Waals surface area contributed by atoms with E-state index in [0.717, 1.165) is 102 Å². The molecule has 0 N–H and O–H groups in total. The zero-order chi connectivity index (χ0) is 79.8. The van der Waals surface area contributed by atoms with Crippen LogP contribution in [-0.2, 0) is 17.3 Å². The maximum Gasteiger partial charge on any atom is 0.252 e. The monoisotopic (exact) mass is 1530 g/mol. The molecule has 0 radical (unpaired) electrons. The van der Waals surface area contributed by atoms with E-state index in [0.29, 0.717) is 6.54 Å². The normalized spacial score (nSPS) is 12.6. The van der Waals surface area contributed by atoms with Crippen LogP contribution in [0.5, 0.6) is 0 Å². The van der Waals surface area contributed by atoms with Gasteiger partial charge in [0, 0.05) is 95.7 Å². The summed E-state index contributed by atoms with van der Waals surface area (Å²) in [5, 5.41) is 7.30. The molecule has 0 saturated carbocycles. The molecule has 7 heteroatoms. The molecule has 2 aliphatic rings. The highest BCUT2D eigenvalue weighted by Crippen LogP contribution is 2.50. The Morgan fingerprint density at radius 3 is 1.08 bits per heavy atom. The molecule has 568 valence electrons. The van der Waals surface area contributed by atoms with E-state index < -0.39 is 0 Å². The second kappa shape index (κ2) is 28.2. The molecule has 0 aliphatic carbocycles. The molecule has 0 atom stereocenters. The molecule has 0 bridgehead atoms. The average molecular weight is 1530 g/mol. The SMILES string of the molecule is CC(C)(C)c1ccc2c(c1)c1cc(C(C)(C)C)ccc1n2-c1ccc2c(c1)N(c1cc(-c3ccccc3)cc(-c3ccccc3)c1)c1cc(-n3c4ccccc4c4cc(N(c5ccccc5)c5ccccc5)ccc43)cc3c1B2c1ccc(-n2c4ccccc4c4ccccc42)cc1N3CCc1cc(-c2ccccc2)cc(-c2ccccc2)c1. The number of fused-ring (bicyclic) bond motifs is 13. The van der Waals surface area contributed by atoms with E-state index in [-0.39, 0.29) is 17.5 Å². The molecule has 0 spiro atoms. The Kier molecular flexibility index (Phi) is 16.9. The third-order valence-corrected chi connectivity index (χ3v) is 25.1. The van der Waals surface area contributed by atoms with Gasteiger partial charge in [0.1, 0.15) is 0 Å². The molecule has 0 fully saturated rings. The second-order valence-corrected chi connectivity index (χ2v) is 34.4. The number of rotatable bonds is 14. The van der Waals surface area contributed by atoms with Gasteiger partial charge >= 0.3 is 0 Å². The largest absolute Gasteiger partial charge is 0.342 e. The first-order chi connectivity index (χ1) is 58.3. The van der Waals surface area contributed by atoms with Gasteiger partial charge in [-0.15, -0.1) is 0 Å². The average Bonchev–Trinajstić information content (AvgIpc) is 0.897. The third kappa shape index (κ3) is 12.2. The Morgan fingerprint density at radius 2 is 0.613 bits per heavy atom. The van der Waals surface area contributed by atoms with Crippen LogP contribution < -0.4 is 31.1 Å². The van der Waals surface area contributed by atoms with Gasteiger partial charge in [-0.25, -0.2) is 0 Å². The maximum absolute atomic E-state index is 2.73. The van der Waals surface area contributed by atoms with Crippen LogP contribution in [0, 0.1) is 0 Å². The first-order valence-electron chi connectivity index (χ1n) is 41.8. The molecule has 3 aromatic heterocycles. The van der Waals surface area contributed by atoms with E-state index in [9.17, 15) is 0 Å². The summed E-state index contributed by atoms with van der Waals surface area (Å²) in [6.07, 6.45) is 0.733. The first-order valence-corrected chi connectivity index (χ1v) is 41.8. The number of hydrogen-bond donors (Lipinski definition) is 0. The van der Waals surface area contributed by atoms with Crippen LogP contribution in [0.25, 0.3) is 127 Å². The van der Waals surface area contributed by atoms with Gasteiger partial charge in [0.25, 0.3) is 6.71 Å². The van der Waals surface area contributed by atoms with Crippen LogP contribution in [0.4, 0.5) is 45.5 Å². The zero-order valence-corrected chi connectivity index (χ0v) is 67.7. The highest BCUT2D eigenvalue weighted by atomic mass is 15.2. The predicted molar refractivity (Wildman–Crippen MR) is 506 cm³/mol. The van der Waals surface area contributed by atoms with Crippen molar-refractivity contribution >= 4 is 134 Å². The second-order valence-electron chi connectivity index (χ2n) is 34.4. The summed E-state index contributed by atoms with van der Waals surface area (Å²) in [5.41, 5.74) is 35.9. The Morgan fingerprint density at radius 1 is 0.252 bits per heavy atom. The van der Waals surface area contributed by atoms with E-state index in [2.05, 4.69) is 464 Å². The minimum atomic E-state index is -0.241. The van der Waals surface area contributed by atoms with Gasteiger partial charge in [-0.05, 0) is 240 Å². The van der Waals surface area contributed by atoms with Crippen LogP contribution >= 0.6 is 0 Å². The third-order valence-electron chi connectivity index (χ3n) is 25.1. The van der Waals surface area contributed by atoms with E-state index in [1.54, 1.807) is 0 Å². The molecule has 5 heterocycles. The van der Waals surface area contributed by atoms with Gasteiger partial charge in [-0.1, -0.05) is 290 Å². The smallest absolute Gasteiger partial charge is 0.252 e. The fourth-order valence-electron chi connectivity index (χ4n) is 19.4. The Balaban J connectivity index is 0.858. The number of hydrogen-bond acceptors (Lipinski definition) is 3. The molecule has 0 unspecified atom stereocenters. The minimum Gasteiger partial charge on any atom is -0.342 e. The maximum atomic E-state index is 2.73. The van der Waals surface area contributed by atoms with E-state index >= 15 is 0 Å². The van der Waals surface area contributed by atoms with Crippen molar-refractivity contribution in [3.63, 3.8) is 0 Å². The zero-order valence-electron chi connectivity index (χ0n) is 67.7. The van der Waals surface area contributed by atoms with Crippen molar-refractivity contribution in [1.82, 2.24) is 13.7 Å². The van der Waals surface area contributed by atoms with Crippen LogP contribution in [0.2, 0.25) is 0 Å². The fraction of sp³-hybridized carbons (Fsp3) is 0.0893. The van der Waals surface area contributed by atoms with Crippen molar-refractivity contribution in [3.05, 3.63) is 411 Å². The van der Waals surface area contributed by atoms with Crippen LogP contribution in [-0.4, -0.2) is 27.0 Å². The lowest BCUT2D eigenvalue weighted by Crippen LogP contribution is -2.62. The van der Waals surface area contributed by atoms with Gasteiger partial charge in [0.2, 0.25) is 0 Å². The summed E-state index contributed by atoms with van der Waals surface area (Å²) in [6, 6.07) is 149. The Bertz CT molecular complexity index is 7090. The molecule has 119 heavy (non-hydrogen) atoms. The Hall–Kier alpha value is -14.4. The molecular formula is C112H87BN6. The van der Waals surface area contributed by atoms with Gasteiger partial charge < -0.3 is 28.4 Å². The van der Waals surface area contributed by atoms with Crippen LogP contribution in [0.15, 0.2) is 394 Å². The van der Waals surface area contributed by atoms with Gasteiger partial charge in [0.15, 0.2) is 0 Å². The fourth-order valence-corrected chi connectivity index (χ4v) is 19.4. The standard InChI is InChI=1S/C112H87BN6/c1-111(2,3)83-49-56-103-95(67-83)96-68-84(112(4,5)6)50-57-104(96)117(103)89-52-55-99-107(71-89)119(90-65-81(77-35-17-9-18-36-77)64-82(66-90)78-37-19-10-20-38-78)109-73-91(118-102-48-30-27-45-94(102)97-69-87(53-58-105(97)118)115(85-39-21-11-22-40-85)86-41-23-12-24-42-86)72-108-110(109)113(99)98-54-51-88(116-100-46-28-25-43-92(100)93-44-26-29-47-101(93)116)70-106(98)114(108)60-59-74-61-79(75-31-13-7-14-32-75)63-80(62-74)76-33-15-8-16-34-76/h7-58,61-73H,59-60H2,1-6H3. The molecule has 22 rings (SSSR count). The van der Waals surface area contributed by atoms with Gasteiger partial charge in [0.05, 0.1) is 38.8 Å². The molecule has 2 aliphatic heterocycles. The summed E-state index contributed by atoms with van der Waals surface area (Å²) in [6.45, 7) is 14.4. The summed E-state index contributed by atoms with van der Waals surface area (Å²) >= 11 is 0. The number of aromatic nitrogens is 3. The molecule has 20 aromatic rings. The lowest BCUT2D eigenvalue weighted by Gasteiger charge is -2.45. The van der Waals surface area contributed by atoms with Crippen molar-refractivity contribution in [3.8, 4) is 61.6 Å². The number of nitrogens with zero attached hydrogens (tertiary/aromatic N) is 6. The number of anilines is 8. The highest BCUT2D eigenvalue weighted by Gasteiger charge is 2.45. The van der Waals surface area contributed by atoms with E-state index in [1.165, 1.54) is 110 Å². The van der Waals surface area contributed by atoms with Crippen LogP contribution in [0.3, 0.4) is 0 Å². The predicted octanol–water partition coefficient (Wildman–Crippen LogP) is 27.7. The molecule has 0 saturated heterocycles. The van der Waals surface area contributed by atoms with Gasteiger partial charge in [-0.3, -0.25) is 0 Å². The topological polar surface area (TPSA) is 24.5 Å². The van der Waals surface area contributed by atoms with Crippen molar-refractivity contribution < 1.29 is 0 Å². The summed E-state index contributed by atoms with van der Waals surface area (Å²) in [5.74, 6) is 0. The summed E-state index contributed by atoms with van der Waals surface area (Å²) in [4.78, 5) is 7.79. The van der Waals surface area contributed by atoms with Crippen molar-refractivity contribution in [1.29, 1.82) is 0 Å². The Labute approximate surface area is 695 Å². The van der Waals surface area contributed by atoms with Crippen molar-refractivity contribution in [2.75, 3.05) is 21.2 Å². The quantitative estimate of drug-likeness (QED) is 0.101. The molecular weight excluding hydrogens is 1440 g/mol. The minimum absolute atomic E-state index is 0.0713. The lowest BCUT2D eigenvalue weighted by molar-refractivity contribution is 0.590. The van der Waals surface area contributed by atoms with Crippen molar-refractivity contribution in [2.45, 2.75) is 58.8 Å². The summed E-state index contributed by atoms with van der Waals surface area (Å²) < 4.78 is 7.64. The van der Waals surface area contributed by atoms with Crippen molar-refractivity contribution in [2.24, 2.45) is 0 Å². The lowest BCUT2D eigenvalue weighted by atomic mass is 9.33. The van der Waals surface area contributed by atoms with E-state index in [4.69, 9.17) is 0 Å². The molecule has 0 amide bonds. The highest BCUT2D eigenvalue weighted by molar-refractivity contribution is 7.00. The van der Waals surface area contributed by atoms with Crippen LogP contribution in [0.1, 0.15) is 58.2 Å². The molecule has 6 nitrogen and oxygen atoms in total. The summed E-state index contributed by atoms with van der Waals surface area (Å²) in [7, 11) is 0. The number of benzene rings is 17. The molecule has 17 aromatic carbocycles. The van der Waals surface area contributed by atoms with Gasteiger partial charge in [-0.2, -0.15) is 0 Å². The van der Waals surface area contributed by atoms with E-state index in [1.807, 2.05) is 0 Å².